The Morgan fingerprint density at radius 1 is 1.19 bits per heavy atom. The van der Waals surface area contributed by atoms with E-state index < -0.39 is 0 Å². The Labute approximate surface area is 158 Å². The number of H-pyrrole nitrogens is 1. The first kappa shape index (κ1) is 17.2. The van der Waals surface area contributed by atoms with Crippen LogP contribution in [0.2, 0.25) is 0 Å². The number of fused-ring (bicyclic) bond motifs is 1. The lowest BCUT2D eigenvalue weighted by Gasteiger charge is -2.07. The molecule has 0 aliphatic carbocycles. The van der Waals surface area contributed by atoms with Gasteiger partial charge < -0.3 is 14.8 Å². The number of thioether (sulfide) groups is 1. The van der Waals surface area contributed by atoms with Crippen molar-refractivity contribution < 1.29 is 14.3 Å². The van der Waals surface area contributed by atoms with Gasteiger partial charge in [0, 0.05) is 11.8 Å². The van der Waals surface area contributed by atoms with Crippen molar-refractivity contribution in [2.75, 3.05) is 17.9 Å². The summed E-state index contributed by atoms with van der Waals surface area (Å²) in [7, 11) is 0. The molecule has 3 aromatic rings. The monoisotopic (exact) mass is 384 g/mol. The number of amides is 1. The number of carbonyl (C=O) groups excluding carboxylic acids is 1. The molecule has 2 N–H and O–H groups in total. The fraction of sp³-hybridized carbons (Fsp3) is 0.167. The highest BCUT2D eigenvalue weighted by atomic mass is 32.2. The van der Waals surface area contributed by atoms with E-state index in [1.807, 2.05) is 30.3 Å². The van der Waals surface area contributed by atoms with Gasteiger partial charge in [0.05, 0.1) is 12.3 Å². The molecule has 27 heavy (non-hydrogen) atoms. The van der Waals surface area contributed by atoms with Crippen molar-refractivity contribution in [3.8, 4) is 11.5 Å². The number of aromatic amines is 1. The van der Waals surface area contributed by atoms with E-state index in [4.69, 9.17) is 9.47 Å². The van der Waals surface area contributed by atoms with Crippen LogP contribution in [0.25, 0.3) is 0 Å². The van der Waals surface area contributed by atoms with Gasteiger partial charge in [-0.1, -0.05) is 42.1 Å². The van der Waals surface area contributed by atoms with E-state index in [9.17, 15) is 9.59 Å². The van der Waals surface area contributed by atoms with Gasteiger partial charge in [-0.25, -0.2) is 9.89 Å². The first-order chi connectivity index (χ1) is 13.2. The first-order valence-electron chi connectivity index (χ1n) is 8.20. The molecule has 0 atom stereocenters. The summed E-state index contributed by atoms with van der Waals surface area (Å²) < 4.78 is 12.0. The highest BCUT2D eigenvalue weighted by Crippen LogP contribution is 2.34. The number of rotatable bonds is 6. The van der Waals surface area contributed by atoms with Crippen LogP contribution in [-0.2, 0) is 11.3 Å². The van der Waals surface area contributed by atoms with Gasteiger partial charge in [-0.15, -0.1) is 5.10 Å². The summed E-state index contributed by atoms with van der Waals surface area (Å²) in [5.74, 6) is 1.17. The van der Waals surface area contributed by atoms with E-state index in [1.165, 1.54) is 16.3 Å². The average Bonchev–Trinajstić information content (AvgIpc) is 3.28. The standard InChI is InChI=1S/C18H16N4O4S/c23-16(19-13-6-7-14-15(8-13)26-11-25-14)10-27-18-21-20-17(24)22(18)9-12-4-2-1-3-5-12/h1-8H,9-11H2,(H,19,23)(H,20,24). The van der Waals surface area contributed by atoms with Crippen molar-refractivity contribution in [1.29, 1.82) is 0 Å². The third-order valence-corrected chi connectivity index (χ3v) is 4.87. The van der Waals surface area contributed by atoms with Gasteiger partial charge in [-0.3, -0.25) is 9.36 Å². The number of benzene rings is 2. The molecule has 0 unspecified atom stereocenters. The van der Waals surface area contributed by atoms with Crippen LogP contribution in [-0.4, -0.2) is 33.2 Å². The molecule has 0 radical (unpaired) electrons. The van der Waals surface area contributed by atoms with Crippen LogP contribution in [0.5, 0.6) is 11.5 Å². The third kappa shape index (κ3) is 3.98. The van der Waals surface area contributed by atoms with Crippen molar-refractivity contribution in [2.24, 2.45) is 0 Å². The summed E-state index contributed by atoms with van der Waals surface area (Å²) in [6, 6.07) is 14.8. The normalized spacial score (nSPS) is 12.1. The second kappa shape index (κ2) is 7.58. The summed E-state index contributed by atoms with van der Waals surface area (Å²) in [5, 5.41) is 9.70. The number of hydrogen-bond donors (Lipinski definition) is 2. The largest absolute Gasteiger partial charge is 0.454 e. The average molecular weight is 384 g/mol. The summed E-state index contributed by atoms with van der Waals surface area (Å²) in [6.45, 7) is 0.572. The zero-order valence-corrected chi connectivity index (χ0v) is 15.0. The molecular formula is C18H16N4O4S. The van der Waals surface area contributed by atoms with Crippen molar-refractivity contribution in [3.63, 3.8) is 0 Å². The quantitative estimate of drug-likeness (QED) is 0.632. The number of nitrogens with one attached hydrogen (secondary N) is 2. The number of anilines is 1. The number of aromatic nitrogens is 3. The number of carbonyl (C=O) groups is 1. The summed E-state index contributed by atoms with van der Waals surface area (Å²) in [5.41, 5.74) is 1.29. The van der Waals surface area contributed by atoms with Crippen LogP contribution < -0.4 is 20.5 Å². The smallest absolute Gasteiger partial charge is 0.344 e. The summed E-state index contributed by atoms with van der Waals surface area (Å²) >= 11 is 1.19. The fourth-order valence-electron chi connectivity index (χ4n) is 2.62. The van der Waals surface area contributed by atoms with Crippen LogP contribution in [0.3, 0.4) is 0 Å². The van der Waals surface area contributed by atoms with Gasteiger partial charge >= 0.3 is 5.69 Å². The van der Waals surface area contributed by atoms with Gasteiger partial charge in [-0.2, -0.15) is 0 Å². The maximum absolute atomic E-state index is 12.2. The lowest BCUT2D eigenvalue weighted by molar-refractivity contribution is -0.113. The Morgan fingerprint density at radius 3 is 2.85 bits per heavy atom. The third-order valence-electron chi connectivity index (χ3n) is 3.90. The van der Waals surface area contributed by atoms with E-state index in [-0.39, 0.29) is 24.1 Å². The number of ether oxygens (including phenoxy) is 2. The zero-order chi connectivity index (χ0) is 18.6. The van der Waals surface area contributed by atoms with Crippen LogP contribution in [0.15, 0.2) is 58.5 Å². The summed E-state index contributed by atoms with van der Waals surface area (Å²) in [6.07, 6.45) is 0. The Hall–Kier alpha value is -3.20. The molecule has 0 fully saturated rings. The van der Waals surface area contributed by atoms with E-state index in [0.717, 1.165) is 5.56 Å². The van der Waals surface area contributed by atoms with Gasteiger partial charge in [-0.05, 0) is 17.7 Å². The number of nitrogens with zero attached hydrogens (tertiary/aromatic N) is 2. The fourth-order valence-corrected chi connectivity index (χ4v) is 3.37. The van der Waals surface area contributed by atoms with Crippen LogP contribution in [0.4, 0.5) is 5.69 Å². The first-order valence-corrected chi connectivity index (χ1v) is 9.19. The Kier molecular flexibility index (Phi) is 4.84. The van der Waals surface area contributed by atoms with Crippen molar-refractivity contribution in [3.05, 3.63) is 64.6 Å². The van der Waals surface area contributed by atoms with Crippen molar-refractivity contribution >= 4 is 23.4 Å². The minimum atomic E-state index is -0.308. The maximum Gasteiger partial charge on any atom is 0.344 e. The van der Waals surface area contributed by atoms with E-state index in [1.54, 1.807) is 18.2 Å². The molecular weight excluding hydrogens is 368 g/mol. The molecule has 138 valence electrons. The van der Waals surface area contributed by atoms with Gasteiger partial charge in [0.15, 0.2) is 16.7 Å². The van der Waals surface area contributed by atoms with Gasteiger partial charge in [0.2, 0.25) is 12.7 Å². The maximum atomic E-state index is 12.2. The van der Waals surface area contributed by atoms with E-state index in [0.29, 0.717) is 28.9 Å². The Morgan fingerprint density at radius 2 is 2.00 bits per heavy atom. The SMILES string of the molecule is O=C(CSc1n[nH]c(=O)n1Cc1ccccc1)Nc1ccc2c(c1)OCO2. The molecule has 2 aromatic carbocycles. The lowest BCUT2D eigenvalue weighted by Crippen LogP contribution is -2.19. The zero-order valence-electron chi connectivity index (χ0n) is 14.2. The summed E-state index contributed by atoms with van der Waals surface area (Å²) in [4.78, 5) is 24.2. The van der Waals surface area contributed by atoms with Gasteiger partial charge in [0.25, 0.3) is 0 Å². The van der Waals surface area contributed by atoms with Gasteiger partial charge in [0.1, 0.15) is 0 Å². The number of hydrogen-bond acceptors (Lipinski definition) is 6. The minimum Gasteiger partial charge on any atom is -0.454 e. The van der Waals surface area contributed by atoms with Crippen LogP contribution in [0.1, 0.15) is 5.56 Å². The highest BCUT2D eigenvalue weighted by Gasteiger charge is 2.15. The predicted molar refractivity (Wildman–Crippen MR) is 100 cm³/mol. The molecule has 0 bridgehead atoms. The van der Waals surface area contributed by atoms with Crippen molar-refractivity contribution in [1.82, 2.24) is 14.8 Å². The van der Waals surface area contributed by atoms with Crippen LogP contribution >= 0.6 is 11.8 Å². The minimum absolute atomic E-state index is 0.119. The molecule has 2 heterocycles. The molecule has 0 saturated heterocycles. The van der Waals surface area contributed by atoms with E-state index in [2.05, 4.69) is 15.5 Å². The second-order valence-electron chi connectivity index (χ2n) is 5.79. The molecule has 1 aliphatic heterocycles. The molecule has 9 heteroatoms. The molecule has 1 aromatic heterocycles. The lowest BCUT2D eigenvalue weighted by atomic mass is 10.2. The topological polar surface area (TPSA) is 98.2 Å². The molecule has 1 amide bonds. The van der Waals surface area contributed by atoms with Crippen molar-refractivity contribution in [2.45, 2.75) is 11.7 Å². The highest BCUT2D eigenvalue weighted by molar-refractivity contribution is 7.99. The van der Waals surface area contributed by atoms with Crippen LogP contribution in [0, 0.1) is 0 Å². The van der Waals surface area contributed by atoms with E-state index >= 15 is 0 Å². The molecule has 0 saturated carbocycles. The molecule has 8 nitrogen and oxygen atoms in total. The predicted octanol–water partition coefficient (Wildman–Crippen LogP) is 2.08. The molecule has 1 aliphatic rings. The second-order valence-corrected chi connectivity index (χ2v) is 6.73. The molecule has 4 rings (SSSR count). The Bertz CT molecular complexity index is 1020. The Balaban J connectivity index is 1.39. The molecule has 0 spiro atoms.